The van der Waals surface area contributed by atoms with Crippen molar-refractivity contribution in [2.24, 2.45) is 5.41 Å². The van der Waals surface area contributed by atoms with Gasteiger partial charge in [0.2, 0.25) is 0 Å². The van der Waals surface area contributed by atoms with Crippen molar-refractivity contribution in [3.05, 3.63) is 24.3 Å². The largest absolute Gasteiger partial charge is 0.465 e. The van der Waals surface area contributed by atoms with E-state index in [1.165, 1.54) is 44.9 Å². The number of nitrogens with one attached hydrogen (secondary N) is 1. The van der Waals surface area contributed by atoms with Gasteiger partial charge < -0.3 is 24.3 Å². The fraction of sp³-hybridized carbons (Fsp3) is 0.833. The molecule has 0 radical (unpaired) electrons. The lowest BCUT2D eigenvalue weighted by molar-refractivity contribution is -0.170. The normalized spacial score (nSPS) is 11.7. The smallest absolute Gasteiger partial charge is 0.305 e. The molecule has 0 unspecified atom stereocenters. The van der Waals surface area contributed by atoms with E-state index in [9.17, 15) is 19.2 Å². The van der Waals surface area contributed by atoms with Crippen molar-refractivity contribution in [2.45, 2.75) is 213 Å². The number of carbonyl (C=O) groups is 4. The Morgan fingerprint density at radius 1 is 0.386 bits per heavy atom. The maximum atomic E-state index is 13.0. The molecule has 9 nitrogen and oxygen atoms in total. The molecule has 9 heteroatoms. The number of hydrogen-bond donors (Lipinski definition) is 1. The topological polar surface area (TPSA) is 117 Å². The molecule has 0 atom stereocenters. The summed E-state index contributed by atoms with van der Waals surface area (Å²) in [4.78, 5) is 51.6. The third-order valence-corrected chi connectivity index (χ3v) is 10.2. The second-order valence-electron chi connectivity index (χ2n) is 16.1. The van der Waals surface area contributed by atoms with Gasteiger partial charge >= 0.3 is 23.9 Å². The Kier molecular flexibility index (Phi) is 39.5. The maximum absolute atomic E-state index is 13.0. The fourth-order valence-corrected chi connectivity index (χ4v) is 6.35. The molecule has 0 aliphatic rings. The molecular weight excluding hydrogens is 719 g/mol. The zero-order chi connectivity index (χ0) is 41.9. The minimum Gasteiger partial charge on any atom is -0.465 e. The first-order chi connectivity index (χ1) is 27.8. The molecule has 57 heavy (non-hydrogen) atoms. The van der Waals surface area contributed by atoms with Crippen molar-refractivity contribution < 1.29 is 38.1 Å². The van der Waals surface area contributed by atoms with Crippen LogP contribution in [0, 0.1) is 5.41 Å². The van der Waals surface area contributed by atoms with Crippen molar-refractivity contribution >= 4 is 23.9 Å². The zero-order valence-corrected chi connectivity index (χ0v) is 37.3. The van der Waals surface area contributed by atoms with Gasteiger partial charge in [-0.2, -0.15) is 0 Å². The molecule has 0 aromatic heterocycles. The minimum absolute atomic E-state index is 0.188. The van der Waals surface area contributed by atoms with Gasteiger partial charge in [0.15, 0.2) is 0 Å². The molecule has 0 heterocycles. The van der Waals surface area contributed by atoms with Crippen LogP contribution in [0.1, 0.15) is 213 Å². The van der Waals surface area contributed by atoms with Crippen LogP contribution in [-0.2, 0) is 38.1 Å². The molecule has 0 aromatic rings. The summed E-state index contributed by atoms with van der Waals surface area (Å²) in [6.45, 7) is 6.50. The summed E-state index contributed by atoms with van der Waals surface area (Å²) in [5.74, 6) is -1.50. The highest BCUT2D eigenvalue weighted by Gasteiger charge is 2.38. The summed E-state index contributed by atoms with van der Waals surface area (Å²) in [6, 6.07) is 0. The quantitative estimate of drug-likeness (QED) is 0.0278. The molecule has 0 aliphatic carbocycles. The van der Waals surface area contributed by atoms with Crippen molar-refractivity contribution in [1.82, 2.24) is 5.32 Å². The van der Waals surface area contributed by atoms with Gasteiger partial charge in [-0.05, 0) is 77.8 Å². The average Bonchev–Trinajstić information content (AvgIpc) is 3.21. The van der Waals surface area contributed by atoms with Crippen molar-refractivity contribution in [2.75, 3.05) is 40.0 Å². The Hall–Kier alpha value is -2.68. The van der Waals surface area contributed by atoms with Crippen LogP contribution in [-0.4, -0.2) is 63.9 Å². The van der Waals surface area contributed by atoms with Gasteiger partial charge in [-0.3, -0.25) is 19.2 Å². The summed E-state index contributed by atoms with van der Waals surface area (Å²) >= 11 is 0. The van der Waals surface area contributed by atoms with Gasteiger partial charge in [0.25, 0.3) is 0 Å². The lowest BCUT2D eigenvalue weighted by Gasteiger charge is -2.31. The Bertz CT molecular complexity index is 978. The minimum atomic E-state index is -1.21. The summed E-state index contributed by atoms with van der Waals surface area (Å²) in [5, 5.41) is 3.03. The number of hydrogen-bond acceptors (Lipinski definition) is 9. The predicted molar refractivity (Wildman–Crippen MR) is 234 cm³/mol. The molecule has 0 rings (SSSR count). The van der Waals surface area contributed by atoms with Crippen LogP contribution in [0.3, 0.4) is 0 Å². The van der Waals surface area contributed by atoms with Crippen molar-refractivity contribution in [3.8, 4) is 0 Å². The van der Waals surface area contributed by atoms with Crippen LogP contribution in [0.25, 0.3) is 0 Å². The number of rotatable bonds is 42. The third kappa shape index (κ3) is 37.3. The summed E-state index contributed by atoms with van der Waals surface area (Å²) < 4.78 is 23.0. The van der Waals surface area contributed by atoms with E-state index in [1.807, 2.05) is 7.05 Å². The van der Waals surface area contributed by atoms with E-state index in [-0.39, 0.29) is 70.0 Å². The highest BCUT2D eigenvalue weighted by atomic mass is 16.6. The van der Waals surface area contributed by atoms with E-state index < -0.39 is 11.4 Å². The molecule has 0 fully saturated rings. The number of carbonyl (C=O) groups excluding carboxylic acids is 4. The van der Waals surface area contributed by atoms with Gasteiger partial charge in [0.05, 0.1) is 0 Å². The molecule has 0 amide bonds. The van der Waals surface area contributed by atoms with Gasteiger partial charge in [0.1, 0.15) is 31.8 Å². The summed E-state index contributed by atoms with van der Waals surface area (Å²) in [6.07, 6.45) is 37.7. The van der Waals surface area contributed by atoms with E-state index in [2.05, 4.69) is 50.4 Å². The van der Waals surface area contributed by atoms with E-state index in [1.54, 1.807) is 0 Å². The van der Waals surface area contributed by atoms with Crippen LogP contribution in [0.5, 0.6) is 0 Å². The van der Waals surface area contributed by atoms with E-state index in [0.717, 1.165) is 116 Å². The summed E-state index contributed by atoms with van der Waals surface area (Å²) in [5.41, 5.74) is -1.21. The number of ether oxygens (including phenoxy) is 4. The van der Waals surface area contributed by atoms with Crippen LogP contribution in [0.15, 0.2) is 24.3 Å². The van der Waals surface area contributed by atoms with Crippen LogP contribution < -0.4 is 5.32 Å². The number of esters is 4. The first-order valence-electron chi connectivity index (χ1n) is 23.4. The second kappa shape index (κ2) is 41.5. The van der Waals surface area contributed by atoms with Crippen LogP contribution >= 0.6 is 0 Å². The number of unbranched alkanes of at least 4 members (excludes halogenated alkanes) is 20. The predicted octanol–water partition coefficient (Wildman–Crippen LogP) is 12.2. The Morgan fingerprint density at radius 3 is 1.00 bits per heavy atom. The average molecular weight is 806 g/mol. The van der Waals surface area contributed by atoms with Gasteiger partial charge in [0, 0.05) is 25.7 Å². The molecule has 0 spiro atoms. The van der Waals surface area contributed by atoms with Gasteiger partial charge in [-0.15, -0.1) is 0 Å². The lowest BCUT2D eigenvalue weighted by Crippen LogP contribution is -2.44. The van der Waals surface area contributed by atoms with Gasteiger partial charge in [-0.1, -0.05) is 148 Å². The van der Waals surface area contributed by atoms with Crippen LogP contribution in [0.4, 0.5) is 0 Å². The molecule has 0 saturated carbocycles. The molecule has 0 aliphatic heterocycles. The van der Waals surface area contributed by atoms with E-state index >= 15 is 0 Å². The second-order valence-corrected chi connectivity index (χ2v) is 16.1. The van der Waals surface area contributed by atoms with Crippen LogP contribution in [0.2, 0.25) is 0 Å². The molecule has 0 bridgehead atoms. The SMILES string of the molecule is CCCC/C=C\CCCCCCCC(=O)OCC(COC(=O)CCCCCCC/C=C\CCCC)(COC(=O)CCCCCCCCC)COC(=O)CCCNC. The standard InChI is InChI=1S/C48H87NO8/c1-5-8-11-14-17-19-21-23-26-29-32-36-45(51)55-41-48(43-57-47(53)38-34-39-49-4,40-54-44(50)35-31-28-25-16-13-10-7-3)42-56-46(52)37-33-30-27-24-22-20-18-15-12-9-6-2/h14-15,17-18,49H,5-13,16,19-43H2,1-4H3/b17-14-,18-15-. The van der Waals surface area contributed by atoms with Gasteiger partial charge in [-0.25, -0.2) is 0 Å². The highest BCUT2D eigenvalue weighted by Crippen LogP contribution is 2.24. The highest BCUT2D eigenvalue weighted by molar-refractivity contribution is 5.71. The molecule has 0 saturated heterocycles. The third-order valence-electron chi connectivity index (χ3n) is 10.2. The molecule has 0 aromatic carbocycles. The zero-order valence-electron chi connectivity index (χ0n) is 37.3. The first-order valence-corrected chi connectivity index (χ1v) is 23.4. The first kappa shape index (κ1) is 54.3. The Labute approximate surface area is 349 Å². The Morgan fingerprint density at radius 2 is 0.667 bits per heavy atom. The Balaban J connectivity index is 5.31. The summed E-state index contributed by atoms with van der Waals surface area (Å²) in [7, 11) is 1.82. The molecular formula is C48H87NO8. The van der Waals surface area contributed by atoms with Crippen molar-refractivity contribution in [1.29, 1.82) is 0 Å². The number of allylic oxidation sites excluding steroid dienone is 4. The van der Waals surface area contributed by atoms with Crippen molar-refractivity contribution in [3.63, 3.8) is 0 Å². The van der Waals surface area contributed by atoms with E-state index in [0.29, 0.717) is 13.0 Å². The molecule has 1 N–H and O–H groups in total. The molecule has 332 valence electrons. The lowest BCUT2D eigenvalue weighted by atomic mass is 9.92. The van der Waals surface area contributed by atoms with E-state index in [4.69, 9.17) is 18.9 Å². The monoisotopic (exact) mass is 806 g/mol. The fourth-order valence-electron chi connectivity index (χ4n) is 6.35. The maximum Gasteiger partial charge on any atom is 0.305 e.